The number of fused-ring (bicyclic) bond motifs is 1. The van der Waals surface area contributed by atoms with E-state index in [1.165, 1.54) is 0 Å². The lowest BCUT2D eigenvalue weighted by atomic mass is 10.1. The highest BCUT2D eigenvalue weighted by Crippen LogP contribution is 2.17. The van der Waals surface area contributed by atoms with E-state index >= 15 is 0 Å². The Morgan fingerprint density at radius 2 is 2.16 bits per heavy atom. The number of halogens is 1. The molecule has 0 bridgehead atoms. The van der Waals surface area contributed by atoms with Crippen molar-refractivity contribution in [2.45, 2.75) is 39.5 Å². The second-order valence-electron chi connectivity index (χ2n) is 6.10. The number of rotatable bonds is 7. The Kier molecular flexibility index (Phi) is 5.38. The molecule has 2 N–H and O–H groups in total. The number of aryl methyl sites for hydroxylation is 3. The number of hydrogen-bond acceptors (Lipinski definition) is 4. The molecule has 0 saturated carbocycles. The molecular weight excluding hydrogens is 340 g/mol. The van der Waals surface area contributed by atoms with Gasteiger partial charge < -0.3 is 14.8 Å². The molecule has 0 radical (unpaired) electrons. The van der Waals surface area contributed by atoms with E-state index in [0.717, 1.165) is 46.7 Å². The largest absolute Gasteiger partial charge is 0.361 e. The molecule has 6 nitrogen and oxygen atoms in total. The van der Waals surface area contributed by atoms with Gasteiger partial charge in [0.15, 0.2) is 0 Å². The van der Waals surface area contributed by atoms with Gasteiger partial charge in [-0.15, -0.1) is 0 Å². The van der Waals surface area contributed by atoms with Gasteiger partial charge in [-0.25, -0.2) is 4.98 Å². The van der Waals surface area contributed by atoms with Gasteiger partial charge in [-0.2, -0.15) is 0 Å². The van der Waals surface area contributed by atoms with Crippen molar-refractivity contribution in [2.24, 2.45) is 0 Å². The van der Waals surface area contributed by atoms with Gasteiger partial charge in [-0.1, -0.05) is 16.8 Å². The zero-order chi connectivity index (χ0) is 17.8. The Hall–Kier alpha value is -2.34. The lowest BCUT2D eigenvalue weighted by molar-refractivity contribution is -0.121. The quantitative estimate of drug-likeness (QED) is 0.631. The van der Waals surface area contributed by atoms with Crippen molar-refractivity contribution in [3.8, 4) is 0 Å². The second-order valence-corrected chi connectivity index (χ2v) is 6.54. The minimum Gasteiger partial charge on any atom is -0.361 e. The zero-order valence-corrected chi connectivity index (χ0v) is 15.1. The van der Waals surface area contributed by atoms with E-state index in [9.17, 15) is 4.79 Å². The number of aromatic nitrogens is 3. The Bertz CT molecular complexity index is 865. The smallest absolute Gasteiger partial charge is 0.220 e. The molecule has 132 valence electrons. The van der Waals surface area contributed by atoms with Crippen LogP contribution in [0.15, 0.2) is 22.7 Å². The summed E-state index contributed by atoms with van der Waals surface area (Å²) in [6.45, 7) is 4.39. The third-order valence-electron chi connectivity index (χ3n) is 4.19. The summed E-state index contributed by atoms with van der Waals surface area (Å²) in [7, 11) is 0. The van der Waals surface area contributed by atoms with Crippen molar-refractivity contribution in [3.05, 3.63) is 46.1 Å². The summed E-state index contributed by atoms with van der Waals surface area (Å²) in [6.07, 6.45) is 2.68. The number of nitrogens with zero attached hydrogens (tertiary/aromatic N) is 2. The summed E-state index contributed by atoms with van der Waals surface area (Å²) in [5.74, 6) is 1.73. The lowest BCUT2D eigenvalue weighted by Crippen LogP contribution is -2.25. The van der Waals surface area contributed by atoms with Crippen molar-refractivity contribution >= 4 is 28.5 Å². The maximum atomic E-state index is 12.0. The molecule has 0 atom stereocenters. The number of amides is 1. The van der Waals surface area contributed by atoms with Crippen LogP contribution in [0.3, 0.4) is 0 Å². The van der Waals surface area contributed by atoms with E-state index in [4.69, 9.17) is 16.1 Å². The third-order valence-corrected chi connectivity index (χ3v) is 4.42. The van der Waals surface area contributed by atoms with Crippen molar-refractivity contribution in [1.29, 1.82) is 0 Å². The average Bonchev–Trinajstić information content (AvgIpc) is 3.12. The molecule has 0 aliphatic carbocycles. The first-order valence-corrected chi connectivity index (χ1v) is 8.73. The van der Waals surface area contributed by atoms with Crippen LogP contribution in [0.5, 0.6) is 0 Å². The highest BCUT2D eigenvalue weighted by Gasteiger charge is 2.11. The fourth-order valence-electron chi connectivity index (χ4n) is 2.82. The maximum Gasteiger partial charge on any atom is 0.220 e. The monoisotopic (exact) mass is 360 g/mol. The van der Waals surface area contributed by atoms with Crippen LogP contribution >= 0.6 is 11.6 Å². The molecular formula is C18H21ClN4O2. The minimum absolute atomic E-state index is 0.0383. The molecule has 0 fully saturated rings. The minimum atomic E-state index is 0.0383. The first-order chi connectivity index (χ1) is 12.0. The SMILES string of the molecule is Cc1noc(C)c1CCC(=O)NCCCc1nc2ccc(Cl)cc2[nH]1. The first kappa shape index (κ1) is 17.5. The predicted molar refractivity (Wildman–Crippen MR) is 96.7 cm³/mol. The topological polar surface area (TPSA) is 83.8 Å². The first-order valence-electron chi connectivity index (χ1n) is 8.35. The summed E-state index contributed by atoms with van der Waals surface area (Å²) in [5, 5.41) is 7.53. The summed E-state index contributed by atoms with van der Waals surface area (Å²) in [6, 6.07) is 5.59. The van der Waals surface area contributed by atoms with Crippen molar-refractivity contribution < 1.29 is 9.32 Å². The van der Waals surface area contributed by atoms with Gasteiger partial charge in [-0.05, 0) is 44.9 Å². The normalized spacial score (nSPS) is 11.2. The molecule has 0 aliphatic rings. The highest BCUT2D eigenvalue weighted by atomic mass is 35.5. The van der Waals surface area contributed by atoms with E-state index in [0.29, 0.717) is 24.4 Å². The van der Waals surface area contributed by atoms with Crippen LogP contribution in [-0.4, -0.2) is 27.6 Å². The summed E-state index contributed by atoms with van der Waals surface area (Å²) in [5.41, 5.74) is 3.72. The number of benzene rings is 1. The highest BCUT2D eigenvalue weighted by molar-refractivity contribution is 6.31. The molecule has 25 heavy (non-hydrogen) atoms. The van der Waals surface area contributed by atoms with E-state index < -0.39 is 0 Å². The number of hydrogen-bond donors (Lipinski definition) is 2. The number of nitrogens with one attached hydrogen (secondary N) is 2. The van der Waals surface area contributed by atoms with Gasteiger partial charge >= 0.3 is 0 Å². The van der Waals surface area contributed by atoms with E-state index in [1.54, 1.807) is 0 Å². The van der Waals surface area contributed by atoms with Crippen LogP contribution in [-0.2, 0) is 17.6 Å². The Morgan fingerprint density at radius 3 is 2.92 bits per heavy atom. The van der Waals surface area contributed by atoms with Gasteiger partial charge in [0.2, 0.25) is 5.91 Å². The zero-order valence-electron chi connectivity index (χ0n) is 14.4. The van der Waals surface area contributed by atoms with E-state index in [1.807, 2.05) is 32.0 Å². The summed E-state index contributed by atoms with van der Waals surface area (Å²) in [4.78, 5) is 19.7. The van der Waals surface area contributed by atoms with Gasteiger partial charge in [0.25, 0.3) is 0 Å². The molecule has 2 aromatic heterocycles. The van der Waals surface area contributed by atoms with Crippen LogP contribution < -0.4 is 5.32 Å². The molecule has 1 amide bonds. The number of imidazole rings is 1. The fraction of sp³-hybridized carbons (Fsp3) is 0.389. The number of H-pyrrole nitrogens is 1. The van der Waals surface area contributed by atoms with Gasteiger partial charge in [0.1, 0.15) is 11.6 Å². The average molecular weight is 361 g/mol. The molecule has 7 heteroatoms. The van der Waals surface area contributed by atoms with Crippen LogP contribution in [0.4, 0.5) is 0 Å². The lowest BCUT2D eigenvalue weighted by Gasteiger charge is -2.04. The Labute approximate surface area is 150 Å². The van der Waals surface area contributed by atoms with Crippen molar-refractivity contribution in [3.63, 3.8) is 0 Å². The van der Waals surface area contributed by atoms with Gasteiger partial charge in [-0.3, -0.25) is 4.79 Å². The van der Waals surface area contributed by atoms with Crippen LogP contribution in [0, 0.1) is 13.8 Å². The summed E-state index contributed by atoms with van der Waals surface area (Å²) >= 11 is 5.97. The van der Waals surface area contributed by atoms with Gasteiger partial charge in [0, 0.05) is 30.0 Å². The molecule has 0 saturated heterocycles. The van der Waals surface area contributed by atoms with E-state index in [2.05, 4.69) is 20.4 Å². The molecule has 3 rings (SSSR count). The molecule has 0 spiro atoms. The Morgan fingerprint density at radius 1 is 1.32 bits per heavy atom. The van der Waals surface area contributed by atoms with Crippen LogP contribution in [0.2, 0.25) is 5.02 Å². The molecule has 0 aliphatic heterocycles. The maximum absolute atomic E-state index is 12.0. The molecule has 3 aromatic rings. The number of carbonyl (C=O) groups is 1. The van der Waals surface area contributed by atoms with Crippen LogP contribution in [0.25, 0.3) is 11.0 Å². The standard InChI is InChI=1S/C18H21ClN4O2/c1-11-14(12(2)25-23-11)6-8-18(24)20-9-3-4-17-21-15-7-5-13(19)10-16(15)22-17/h5,7,10H,3-4,6,8-9H2,1-2H3,(H,20,24)(H,21,22). The van der Waals surface area contributed by atoms with Gasteiger partial charge in [0.05, 0.1) is 16.7 Å². The van der Waals surface area contributed by atoms with Crippen LogP contribution in [0.1, 0.15) is 35.7 Å². The second kappa shape index (κ2) is 7.70. The number of carbonyl (C=O) groups excluding carboxylic acids is 1. The van der Waals surface area contributed by atoms with Crippen molar-refractivity contribution in [1.82, 2.24) is 20.4 Å². The molecule has 1 aromatic carbocycles. The number of aromatic amines is 1. The molecule has 2 heterocycles. The predicted octanol–water partition coefficient (Wildman–Crippen LogP) is 3.50. The molecule has 0 unspecified atom stereocenters. The van der Waals surface area contributed by atoms with Crippen molar-refractivity contribution in [2.75, 3.05) is 6.54 Å². The Balaban J connectivity index is 1.41. The van der Waals surface area contributed by atoms with E-state index in [-0.39, 0.29) is 5.91 Å². The summed E-state index contributed by atoms with van der Waals surface area (Å²) < 4.78 is 5.11. The fourth-order valence-corrected chi connectivity index (χ4v) is 2.99. The third kappa shape index (κ3) is 4.39.